The van der Waals surface area contributed by atoms with Crippen LogP contribution in [0.15, 0.2) is 24.5 Å². The molecular formula is C16H16Cl2N4O. The average Bonchev–Trinajstić information content (AvgIpc) is 2.77. The van der Waals surface area contributed by atoms with Crippen LogP contribution in [0.1, 0.15) is 11.3 Å². The second-order valence-electron chi connectivity index (χ2n) is 5.26. The zero-order valence-corrected chi connectivity index (χ0v) is 14.3. The molecule has 0 aliphatic heterocycles. The van der Waals surface area contributed by atoms with Crippen LogP contribution in [-0.2, 0) is 6.54 Å². The molecule has 120 valence electrons. The number of fused-ring (bicyclic) bond motifs is 1. The van der Waals surface area contributed by atoms with E-state index < -0.39 is 0 Å². The van der Waals surface area contributed by atoms with Crippen LogP contribution in [-0.4, -0.2) is 26.2 Å². The topological polar surface area (TPSA) is 63.0 Å². The maximum atomic E-state index is 9.27. The SMILES string of the molecule is Cc1c(C)n(CCO)c2ncnc(Nc3cc(Cl)ccc3Cl)c12. The van der Waals surface area contributed by atoms with E-state index in [0.717, 1.165) is 22.3 Å². The number of nitrogens with one attached hydrogen (secondary N) is 1. The van der Waals surface area contributed by atoms with E-state index in [9.17, 15) is 5.11 Å². The number of aryl methyl sites for hydroxylation is 1. The number of anilines is 2. The first-order valence-corrected chi connectivity index (χ1v) is 7.92. The Bertz CT molecular complexity index is 876. The van der Waals surface area contributed by atoms with Crippen molar-refractivity contribution in [1.29, 1.82) is 0 Å². The highest BCUT2D eigenvalue weighted by Gasteiger charge is 2.16. The summed E-state index contributed by atoms with van der Waals surface area (Å²) < 4.78 is 1.98. The van der Waals surface area contributed by atoms with E-state index >= 15 is 0 Å². The molecule has 23 heavy (non-hydrogen) atoms. The van der Waals surface area contributed by atoms with Crippen LogP contribution in [0.5, 0.6) is 0 Å². The van der Waals surface area contributed by atoms with Gasteiger partial charge in [0.05, 0.1) is 22.7 Å². The van der Waals surface area contributed by atoms with Crippen LogP contribution in [0.25, 0.3) is 11.0 Å². The molecule has 1 aromatic carbocycles. The number of halogens is 2. The molecule has 0 amide bonds. The molecule has 0 aliphatic carbocycles. The van der Waals surface area contributed by atoms with Gasteiger partial charge in [0, 0.05) is 17.3 Å². The first kappa shape index (κ1) is 16.1. The Labute approximate surface area is 143 Å². The van der Waals surface area contributed by atoms with Crippen molar-refractivity contribution >= 4 is 45.7 Å². The summed E-state index contributed by atoms with van der Waals surface area (Å²) in [6, 6.07) is 5.22. The van der Waals surface area contributed by atoms with E-state index in [1.807, 2.05) is 18.4 Å². The smallest absolute Gasteiger partial charge is 0.146 e. The third-order valence-corrected chi connectivity index (χ3v) is 4.48. The highest BCUT2D eigenvalue weighted by molar-refractivity contribution is 6.35. The molecule has 0 radical (unpaired) electrons. The average molecular weight is 351 g/mol. The minimum absolute atomic E-state index is 0.0525. The first-order valence-electron chi connectivity index (χ1n) is 7.16. The molecule has 2 heterocycles. The third kappa shape index (κ3) is 2.87. The van der Waals surface area contributed by atoms with E-state index in [1.165, 1.54) is 6.33 Å². The van der Waals surface area contributed by atoms with Gasteiger partial charge in [0.25, 0.3) is 0 Å². The Morgan fingerprint density at radius 2 is 2.00 bits per heavy atom. The van der Waals surface area contributed by atoms with Crippen molar-refractivity contribution in [2.45, 2.75) is 20.4 Å². The lowest BCUT2D eigenvalue weighted by Crippen LogP contribution is -2.05. The predicted octanol–water partition coefficient (Wildman–Crippen LogP) is 4.09. The van der Waals surface area contributed by atoms with Crippen molar-refractivity contribution in [1.82, 2.24) is 14.5 Å². The number of hydrogen-bond acceptors (Lipinski definition) is 4. The standard InChI is InChI=1S/C16H16Cl2N4O/c1-9-10(2)22(5-6-23)16-14(9)15(19-8-20-16)21-13-7-11(17)3-4-12(13)18/h3-4,7-8,23H,5-6H2,1-2H3,(H,19,20,21). The second-order valence-corrected chi connectivity index (χ2v) is 6.10. The molecule has 0 atom stereocenters. The van der Waals surface area contributed by atoms with Crippen molar-refractivity contribution < 1.29 is 5.11 Å². The quantitative estimate of drug-likeness (QED) is 0.743. The Balaban J connectivity index is 2.15. The fourth-order valence-electron chi connectivity index (χ4n) is 2.66. The van der Waals surface area contributed by atoms with Gasteiger partial charge in [-0.1, -0.05) is 23.2 Å². The molecule has 2 aromatic heterocycles. The molecule has 3 aromatic rings. The van der Waals surface area contributed by atoms with Crippen molar-refractivity contribution in [3.63, 3.8) is 0 Å². The highest BCUT2D eigenvalue weighted by atomic mass is 35.5. The van der Waals surface area contributed by atoms with Crippen molar-refractivity contribution in [3.05, 3.63) is 45.8 Å². The first-order chi connectivity index (χ1) is 11.0. The van der Waals surface area contributed by atoms with E-state index in [2.05, 4.69) is 15.3 Å². The second kappa shape index (κ2) is 6.35. The summed E-state index contributed by atoms with van der Waals surface area (Å²) in [5.74, 6) is 0.663. The minimum atomic E-state index is 0.0525. The van der Waals surface area contributed by atoms with Gasteiger partial charge in [0.15, 0.2) is 0 Å². The lowest BCUT2D eigenvalue weighted by Gasteiger charge is -2.10. The van der Waals surface area contributed by atoms with Crippen LogP contribution < -0.4 is 5.32 Å². The van der Waals surface area contributed by atoms with Crippen LogP contribution >= 0.6 is 23.2 Å². The largest absolute Gasteiger partial charge is 0.395 e. The maximum absolute atomic E-state index is 9.27. The molecule has 0 saturated heterocycles. The van der Waals surface area contributed by atoms with Gasteiger partial charge >= 0.3 is 0 Å². The number of aliphatic hydroxyl groups is 1. The minimum Gasteiger partial charge on any atom is -0.395 e. The molecule has 3 rings (SSSR count). The number of benzene rings is 1. The Hall–Kier alpha value is -1.82. The summed E-state index contributed by atoms with van der Waals surface area (Å²) in [6.07, 6.45) is 1.50. The maximum Gasteiger partial charge on any atom is 0.146 e. The zero-order chi connectivity index (χ0) is 16.6. The third-order valence-electron chi connectivity index (χ3n) is 3.91. The summed E-state index contributed by atoms with van der Waals surface area (Å²) in [5.41, 5.74) is 3.58. The van der Waals surface area contributed by atoms with Gasteiger partial charge < -0.3 is 15.0 Å². The van der Waals surface area contributed by atoms with Crippen molar-refractivity contribution in [2.24, 2.45) is 0 Å². The monoisotopic (exact) mass is 350 g/mol. The molecule has 2 N–H and O–H groups in total. The van der Waals surface area contributed by atoms with E-state index in [-0.39, 0.29) is 6.61 Å². The van der Waals surface area contributed by atoms with Crippen LogP contribution in [0.3, 0.4) is 0 Å². The lowest BCUT2D eigenvalue weighted by atomic mass is 10.2. The Kier molecular flexibility index (Phi) is 4.43. The number of aromatic nitrogens is 3. The van der Waals surface area contributed by atoms with Gasteiger partial charge in [-0.3, -0.25) is 0 Å². The van der Waals surface area contributed by atoms with Gasteiger partial charge in [0.2, 0.25) is 0 Å². The van der Waals surface area contributed by atoms with Gasteiger partial charge in [0.1, 0.15) is 17.8 Å². The molecule has 5 nitrogen and oxygen atoms in total. The summed E-state index contributed by atoms with van der Waals surface area (Å²) in [7, 11) is 0. The van der Waals surface area contributed by atoms with Gasteiger partial charge in [-0.15, -0.1) is 0 Å². The van der Waals surface area contributed by atoms with E-state index in [0.29, 0.717) is 28.1 Å². The van der Waals surface area contributed by atoms with Gasteiger partial charge in [-0.25, -0.2) is 9.97 Å². The molecule has 0 spiro atoms. The fraction of sp³-hybridized carbons (Fsp3) is 0.250. The highest BCUT2D eigenvalue weighted by Crippen LogP contribution is 2.33. The summed E-state index contributed by atoms with van der Waals surface area (Å²) in [4.78, 5) is 8.71. The number of hydrogen-bond donors (Lipinski definition) is 2. The zero-order valence-electron chi connectivity index (χ0n) is 12.8. The molecule has 7 heteroatoms. The molecule has 0 unspecified atom stereocenters. The lowest BCUT2D eigenvalue weighted by molar-refractivity contribution is 0.276. The molecule has 0 saturated carbocycles. The normalized spacial score (nSPS) is 11.2. The molecule has 0 aliphatic rings. The summed E-state index contributed by atoms with van der Waals surface area (Å²) in [6.45, 7) is 4.56. The fourth-order valence-corrected chi connectivity index (χ4v) is 2.99. The van der Waals surface area contributed by atoms with Crippen LogP contribution in [0.4, 0.5) is 11.5 Å². The van der Waals surface area contributed by atoms with Gasteiger partial charge in [-0.05, 0) is 37.6 Å². The molecule has 0 bridgehead atoms. The van der Waals surface area contributed by atoms with Crippen molar-refractivity contribution in [2.75, 3.05) is 11.9 Å². The molecule has 0 fully saturated rings. The van der Waals surface area contributed by atoms with E-state index in [1.54, 1.807) is 18.2 Å². The number of aliphatic hydroxyl groups excluding tert-OH is 1. The number of rotatable bonds is 4. The van der Waals surface area contributed by atoms with Gasteiger partial charge in [-0.2, -0.15) is 0 Å². The van der Waals surface area contributed by atoms with Crippen molar-refractivity contribution in [3.8, 4) is 0 Å². The summed E-state index contributed by atoms with van der Waals surface area (Å²) in [5, 5.41) is 14.6. The number of nitrogens with zero attached hydrogens (tertiary/aromatic N) is 3. The van der Waals surface area contributed by atoms with Crippen LogP contribution in [0, 0.1) is 13.8 Å². The predicted molar refractivity (Wildman–Crippen MR) is 93.8 cm³/mol. The summed E-state index contributed by atoms with van der Waals surface area (Å²) >= 11 is 12.3. The Morgan fingerprint density at radius 3 is 2.74 bits per heavy atom. The van der Waals surface area contributed by atoms with E-state index in [4.69, 9.17) is 23.2 Å². The molecular weight excluding hydrogens is 335 g/mol. The van der Waals surface area contributed by atoms with Crippen LogP contribution in [0.2, 0.25) is 10.0 Å². The Morgan fingerprint density at radius 1 is 1.22 bits per heavy atom.